The molecule has 0 aliphatic carbocycles. The van der Waals surface area contributed by atoms with Gasteiger partial charge in [0.2, 0.25) is 5.91 Å². The number of rotatable bonds is 5. The second-order valence-corrected chi connectivity index (χ2v) is 4.73. The van der Waals surface area contributed by atoms with Gasteiger partial charge in [-0.05, 0) is 24.5 Å². The third kappa shape index (κ3) is 3.24. The molecule has 1 aliphatic heterocycles. The lowest BCUT2D eigenvalue weighted by atomic mass is 10.1. The van der Waals surface area contributed by atoms with Crippen molar-refractivity contribution in [2.24, 2.45) is 0 Å². The Kier molecular flexibility index (Phi) is 4.52. The SMILES string of the molecule is CNc1ccc(CN[C@H]2CCCNC2=O)cc1[N+](=O)[O-]. The largest absolute Gasteiger partial charge is 0.383 e. The average Bonchev–Trinajstić information content (AvgIpc) is 2.46. The zero-order valence-corrected chi connectivity index (χ0v) is 11.3. The van der Waals surface area contributed by atoms with Crippen LogP contribution in [0.2, 0.25) is 0 Å². The van der Waals surface area contributed by atoms with Crippen molar-refractivity contribution in [3.05, 3.63) is 33.9 Å². The maximum atomic E-state index is 11.6. The van der Waals surface area contributed by atoms with Gasteiger partial charge in [-0.15, -0.1) is 0 Å². The van der Waals surface area contributed by atoms with Crippen molar-refractivity contribution >= 4 is 17.3 Å². The fourth-order valence-corrected chi connectivity index (χ4v) is 2.26. The minimum atomic E-state index is -0.414. The van der Waals surface area contributed by atoms with Gasteiger partial charge < -0.3 is 16.0 Å². The van der Waals surface area contributed by atoms with Gasteiger partial charge in [-0.25, -0.2) is 0 Å². The Morgan fingerprint density at radius 2 is 2.30 bits per heavy atom. The highest BCUT2D eigenvalue weighted by molar-refractivity contribution is 5.82. The van der Waals surface area contributed by atoms with Crippen LogP contribution >= 0.6 is 0 Å². The Labute approximate surface area is 116 Å². The third-order valence-electron chi connectivity index (χ3n) is 3.37. The third-order valence-corrected chi connectivity index (χ3v) is 3.37. The molecular weight excluding hydrogens is 260 g/mol. The molecule has 1 aliphatic rings. The molecule has 1 aromatic carbocycles. The number of hydrogen-bond acceptors (Lipinski definition) is 5. The fraction of sp³-hybridized carbons (Fsp3) is 0.462. The quantitative estimate of drug-likeness (QED) is 0.551. The van der Waals surface area contributed by atoms with Gasteiger partial charge in [0.1, 0.15) is 5.69 Å². The molecule has 1 fully saturated rings. The molecule has 2 rings (SSSR count). The summed E-state index contributed by atoms with van der Waals surface area (Å²) in [6.45, 7) is 1.16. The van der Waals surface area contributed by atoms with Crippen LogP contribution in [0.4, 0.5) is 11.4 Å². The molecule has 1 saturated heterocycles. The predicted molar refractivity (Wildman–Crippen MR) is 75.5 cm³/mol. The van der Waals surface area contributed by atoms with E-state index in [1.165, 1.54) is 6.07 Å². The highest BCUT2D eigenvalue weighted by Gasteiger charge is 2.21. The van der Waals surface area contributed by atoms with Crippen molar-refractivity contribution in [3.63, 3.8) is 0 Å². The van der Waals surface area contributed by atoms with Crippen LogP contribution in [0, 0.1) is 10.1 Å². The summed E-state index contributed by atoms with van der Waals surface area (Å²) in [6, 6.07) is 4.80. The molecule has 1 atom stereocenters. The van der Waals surface area contributed by atoms with E-state index in [2.05, 4.69) is 16.0 Å². The van der Waals surface area contributed by atoms with Crippen LogP contribution in [0.25, 0.3) is 0 Å². The molecule has 7 nitrogen and oxygen atoms in total. The zero-order chi connectivity index (χ0) is 14.5. The number of nitro benzene ring substituents is 1. The summed E-state index contributed by atoms with van der Waals surface area (Å²) in [4.78, 5) is 22.2. The number of piperidine rings is 1. The highest BCUT2D eigenvalue weighted by atomic mass is 16.6. The van der Waals surface area contributed by atoms with E-state index < -0.39 is 4.92 Å². The molecule has 1 heterocycles. The van der Waals surface area contributed by atoms with Crippen LogP contribution in [-0.4, -0.2) is 30.5 Å². The lowest BCUT2D eigenvalue weighted by molar-refractivity contribution is -0.384. The number of nitrogens with zero attached hydrogens (tertiary/aromatic N) is 1. The lowest BCUT2D eigenvalue weighted by Crippen LogP contribution is -2.47. The molecule has 1 amide bonds. The molecule has 0 aromatic heterocycles. The molecule has 0 spiro atoms. The van der Waals surface area contributed by atoms with E-state index in [4.69, 9.17) is 0 Å². The molecule has 20 heavy (non-hydrogen) atoms. The molecule has 0 bridgehead atoms. The average molecular weight is 278 g/mol. The van der Waals surface area contributed by atoms with Crippen LogP contribution < -0.4 is 16.0 Å². The zero-order valence-electron chi connectivity index (χ0n) is 11.3. The van der Waals surface area contributed by atoms with E-state index >= 15 is 0 Å². The maximum Gasteiger partial charge on any atom is 0.292 e. The van der Waals surface area contributed by atoms with Crippen molar-refractivity contribution in [2.45, 2.75) is 25.4 Å². The number of hydrogen-bond donors (Lipinski definition) is 3. The molecule has 0 unspecified atom stereocenters. The molecule has 3 N–H and O–H groups in total. The van der Waals surface area contributed by atoms with Gasteiger partial charge in [0.05, 0.1) is 11.0 Å². The number of benzene rings is 1. The van der Waals surface area contributed by atoms with Gasteiger partial charge in [-0.1, -0.05) is 6.07 Å². The van der Waals surface area contributed by atoms with Crippen LogP contribution in [0.1, 0.15) is 18.4 Å². The Morgan fingerprint density at radius 1 is 1.50 bits per heavy atom. The van der Waals surface area contributed by atoms with Gasteiger partial charge >= 0.3 is 0 Å². The molecule has 0 radical (unpaired) electrons. The Bertz CT molecular complexity index is 518. The maximum absolute atomic E-state index is 11.6. The lowest BCUT2D eigenvalue weighted by Gasteiger charge is -2.22. The van der Waals surface area contributed by atoms with E-state index in [-0.39, 0.29) is 17.6 Å². The summed E-state index contributed by atoms with van der Waals surface area (Å²) in [7, 11) is 1.65. The first kappa shape index (κ1) is 14.3. The van der Waals surface area contributed by atoms with Crippen LogP contribution in [0.5, 0.6) is 0 Å². The van der Waals surface area contributed by atoms with Gasteiger partial charge in [0.25, 0.3) is 5.69 Å². The monoisotopic (exact) mass is 278 g/mol. The van der Waals surface area contributed by atoms with Gasteiger partial charge in [-0.2, -0.15) is 0 Å². The van der Waals surface area contributed by atoms with Crippen LogP contribution in [0.3, 0.4) is 0 Å². The van der Waals surface area contributed by atoms with Crippen molar-refractivity contribution in [1.82, 2.24) is 10.6 Å². The van der Waals surface area contributed by atoms with E-state index in [9.17, 15) is 14.9 Å². The summed E-state index contributed by atoms with van der Waals surface area (Å²) in [5, 5.41) is 19.7. The van der Waals surface area contributed by atoms with E-state index in [0.717, 1.165) is 24.9 Å². The molecule has 7 heteroatoms. The fourth-order valence-electron chi connectivity index (χ4n) is 2.26. The molecule has 0 saturated carbocycles. The summed E-state index contributed by atoms with van der Waals surface area (Å²) in [5.74, 6) is -0.00223. The minimum absolute atomic E-state index is 0.00223. The van der Waals surface area contributed by atoms with E-state index in [1.807, 2.05) is 6.07 Å². The molecular formula is C13H18N4O3. The van der Waals surface area contributed by atoms with Crippen LogP contribution in [0.15, 0.2) is 18.2 Å². The van der Waals surface area contributed by atoms with E-state index in [0.29, 0.717) is 12.2 Å². The van der Waals surface area contributed by atoms with Gasteiger partial charge in [0, 0.05) is 26.2 Å². The smallest absolute Gasteiger partial charge is 0.292 e. The number of amides is 1. The van der Waals surface area contributed by atoms with Crippen molar-refractivity contribution in [1.29, 1.82) is 0 Å². The summed E-state index contributed by atoms with van der Waals surface area (Å²) in [5.41, 5.74) is 1.31. The predicted octanol–water partition coefficient (Wildman–Crippen LogP) is 1.00. The minimum Gasteiger partial charge on any atom is -0.383 e. The Hall–Kier alpha value is -2.15. The number of nitrogens with one attached hydrogen (secondary N) is 3. The normalized spacial score (nSPS) is 18.4. The summed E-state index contributed by atoms with van der Waals surface area (Å²) in [6.07, 6.45) is 1.74. The number of carbonyl (C=O) groups excluding carboxylic acids is 1. The van der Waals surface area contributed by atoms with E-state index in [1.54, 1.807) is 13.1 Å². The van der Waals surface area contributed by atoms with Crippen LogP contribution in [-0.2, 0) is 11.3 Å². The Morgan fingerprint density at radius 3 is 2.95 bits per heavy atom. The first-order valence-electron chi connectivity index (χ1n) is 6.58. The first-order chi connectivity index (χ1) is 9.61. The van der Waals surface area contributed by atoms with Crippen molar-refractivity contribution in [2.75, 3.05) is 18.9 Å². The second kappa shape index (κ2) is 6.33. The van der Waals surface area contributed by atoms with Crippen molar-refractivity contribution in [3.8, 4) is 0 Å². The summed E-state index contributed by atoms with van der Waals surface area (Å²) >= 11 is 0. The molecule has 108 valence electrons. The second-order valence-electron chi connectivity index (χ2n) is 4.73. The van der Waals surface area contributed by atoms with Gasteiger partial charge in [-0.3, -0.25) is 14.9 Å². The number of carbonyl (C=O) groups is 1. The molecule has 1 aromatic rings. The first-order valence-corrected chi connectivity index (χ1v) is 6.58. The Balaban J connectivity index is 2.04. The topological polar surface area (TPSA) is 96.3 Å². The summed E-state index contributed by atoms with van der Waals surface area (Å²) < 4.78 is 0. The number of anilines is 1. The highest BCUT2D eigenvalue weighted by Crippen LogP contribution is 2.25. The number of nitro groups is 1. The standard InChI is InChI=1S/C13H18N4O3/c1-14-10-5-4-9(7-12(10)17(19)20)8-16-11-3-2-6-15-13(11)18/h4-5,7,11,14,16H,2-3,6,8H2,1H3,(H,15,18)/t11-/m0/s1. The van der Waals surface area contributed by atoms with Crippen molar-refractivity contribution < 1.29 is 9.72 Å². The van der Waals surface area contributed by atoms with Gasteiger partial charge in [0.15, 0.2) is 0 Å².